The molecule has 1 heteroatoms. The van der Waals surface area contributed by atoms with Crippen molar-refractivity contribution in [3.8, 4) is 5.69 Å². The summed E-state index contributed by atoms with van der Waals surface area (Å²) in [4.78, 5) is 0. The molecule has 0 bridgehead atoms. The minimum atomic E-state index is -0.0230. The van der Waals surface area contributed by atoms with E-state index in [0.29, 0.717) is 5.92 Å². The zero-order valence-electron chi connectivity index (χ0n) is 20.2. The first-order chi connectivity index (χ1) is 14.6. The van der Waals surface area contributed by atoms with Gasteiger partial charge in [-0.1, -0.05) is 76.9 Å². The third kappa shape index (κ3) is 2.13. The normalized spacial score (nSPS) is 18.2. The maximum atomic E-state index is 2.63. The molecule has 0 fully saturated rings. The molecule has 2 aliphatic heterocycles. The van der Waals surface area contributed by atoms with Crippen molar-refractivity contribution in [2.24, 2.45) is 0 Å². The van der Waals surface area contributed by atoms with E-state index >= 15 is 0 Å². The number of rotatable bonds is 2. The molecule has 0 radical (unpaired) electrons. The highest BCUT2D eigenvalue weighted by atomic mass is 15.0. The van der Waals surface area contributed by atoms with Gasteiger partial charge in [-0.2, -0.15) is 0 Å². The minimum absolute atomic E-state index is 0.0230. The van der Waals surface area contributed by atoms with Crippen LogP contribution < -0.4 is 0 Å². The smallest absolute Gasteiger partial charge is 0.0582 e. The number of hydrogen-bond donors (Lipinski definition) is 0. The summed E-state index contributed by atoms with van der Waals surface area (Å²) in [6.07, 6.45) is 1.17. The third-order valence-corrected chi connectivity index (χ3v) is 8.48. The van der Waals surface area contributed by atoms with E-state index in [9.17, 15) is 0 Å². The Labute approximate surface area is 186 Å². The molecule has 1 aromatic heterocycles. The van der Waals surface area contributed by atoms with Crippen LogP contribution in [0.3, 0.4) is 0 Å². The maximum Gasteiger partial charge on any atom is 0.0582 e. The van der Waals surface area contributed by atoms with Gasteiger partial charge in [-0.25, -0.2) is 0 Å². The van der Waals surface area contributed by atoms with Crippen molar-refractivity contribution < 1.29 is 0 Å². The molecule has 0 saturated carbocycles. The van der Waals surface area contributed by atoms with Crippen LogP contribution in [0.2, 0.25) is 0 Å². The quantitative estimate of drug-likeness (QED) is 0.315. The van der Waals surface area contributed by atoms with Crippen molar-refractivity contribution in [3.05, 3.63) is 75.3 Å². The van der Waals surface area contributed by atoms with Crippen molar-refractivity contribution in [3.63, 3.8) is 0 Å². The predicted molar refractivity (Wildman–Crippen MR) is 133 cm³/mol. The van der Waals surface area contributed by atoms with Crippen LogP contribution in [-0.4, -0.2) is 4.57 Å². The molecule has 0 N–H and O–H groups in total. The van der Waals surface area contributed by atoms with Crippen LogP contribution >= 0.6 is 0 Å². The van der Waals surface area contributed by atoms with Gasteiger partial charge in [-0.05, 0) is 66.1 Å². The lowest BCUT2D eigenvalue weighted by Gasteiger charge is -2.43. The van der Waals surface area contributed by atoms with E-state index in [0.717, 1.165) is 0 Å². The molecule has 3 heterocycles. The van der Waals surface area contributed by atoms with Crippen molar-refractivity contribution in [2.75, 3.05) is 0 Å². The molecule has 1 atom stereocenters. The Hall–Kier alpha value is -2.54. The fourth-order valence-electron chi connectivity index (χ4n) is 6.40. The molecule has 6 rings (SSSR count). The predicted octanol–water partition coefficient (Wildman–Crippen LogP) is 8.19. The monoisotopic (exact) mass is 407 g/mol. The van der Waals surface area contributed by atoms with Gasteiger partial charge in [0.2, 0.25) is 0 Å². The van der Waals surface area contributed by atoms with Gasteiger partial charge in [-0.3, -0.25) is 0 Å². The Kier molecular flexibility index (Phi) is 3.48. The number of nitrogens with zero attached hydrogens (tertiary/aromatic N) is 1. The average molecular weight is 408 g/mol. The second-order valence-corrected chi connectivity index (χ2v) is 11.3. The van der Waals surface area contributed by atoms with Gasteiger partial charge in [0.25, 0.3) is 0 Å². The van der Waals surface area contributed by atoms with Crippen LogP contribution in [0.25, 0.3) is 27.5 Å². The van der Waals surface area contributed by atoms with Crippen molar-refractivity contribution >= 4 is 21.8 Å². The molecule has 1 nitrogen and oxygen atoms in total. The van der Waals surface area contributed by atoms with E-state index in [2.05, 4.69) is 96.4 Å². The number of benzene rings is 3. The Morgan fingerprint density at radius 3 is 1.58 bits per heavy atom. The topological polar surface area (TPSA) is 4.93 Å². The van der Waals surface area contributed by atoms with Gasteiger partial charge in [0.1, 0.15) is 0 Å². The summed E-state index contributed by atoms with van der Waals surface area (Å²) in [5.74, 6) is 0.565. The van der Waals surface area contributed by atoms with Crippen LogP contribution in [0, 0.1) is 13.8 Å². The number of hydrogen-bond acceptors (Lipinski definition) is 0. The summed E-state index contributed by atoms with van der Waals surface area (Å²) in [6.45, 7) is 18.9. The van der Waals surface area contributed by atoms with E-state index in [4.69, 9.17) is 0 Å². The van der Waals surface area contributed by atoms with Gasteiger partial charge in [-0.15, -0.1) is 0 Å². The van der Waals surface area contributed by atoms with Crippen LogP contribution in [0.5, 0.6) is 0 Å². The first-order valence-corrected chi connectivity index (χ1v) is 11.9. The maximum absolute atomic E-state index is 2.63. The lowest BCUT2D eigenvalue weighted by Crippen LogP contribution is -2.34. The first-order valence-electron chi connectivity index (χ1n) is 11.9. The minimum Gasteiger partial charge on any atom is -0.308 e. The SMILES string of the molecule is CCC(C)c1cc2c3c(c1)C(C)(C)c1cc(C)cc4c5cc(C)cc(c5n-3c14)C2(C)C. The van der Waals surface area contributed by atoms with E-state index in [1.54, 1.807) is 0 Å². The first kappa shape index (κ1) is 19.2. The van der Waals surface area contributed by atoms with Gasteiger partial charge >= 0.3 is 0 Å². The summed E-state index contributed by atoms with van der Waals surface area (Å²) >= 11 is 0. The van der Waals surface area contributed by atoms with Crippen LogP contribution in [-0.2, 0) is 10.8 Å². The standard InChI is InChI=1S/C30H33N/c1-9-18(4)19-14-24-28-25(15-19)30(7,8)23-13-17(3)11-21-20-10-16(2)12-22(29(24,5)6)26(20)31(28)27(21)23/h10-15,18H,9H2,1-8H3. The Bertz CT molecular complexity index is 1340. The molecule has 0 spiro atoms. The summed E-state index contributed by atoms with van der Waals surface area (Å²) in [5, 5.41) is 2.84. The number of aryl methyl sites for hydroxylation is 2. The molecule has 0 amide bonds. The van der Waals surface area contributed by atoms with Crippen molar-refractivity contribution in [1.82, 2.24) is 4.57 Å². The highest BCUT2D eigenvalue weighted by Gasteiger charge is 2.44. The van der Waals surface area contributed by atoms with Crippen LogP contribution in [0.4, 0.5) is 0 Å². The Balaban J connectivity index is 1.95. The second kappa shape index (κ2) is 5.63. The zero-order valence-corrected chi connectivity index (χ0v) is 20.2. The lowest BCUT2D eigenvalue weighted by atomic mass is 9.67. The van der Waals surface area contributed by atoms with Gasteiger partial charge in [0.05, 0.1) is 16.7 Å². The number of fused-ring (bicyclic) bond motifs is 1. The fourth-order valence-corrected chi connectivity index (χ4v) is 6.40. The van der Waals surface area contributed by atoms with Crippen molar-refractivity contribution in [2.45, 2.75) is 78.6 Å². The van der Waals surface area contributed by atoms with E-state index in [-0.39, 0.29) is 10.8 Å². The van der Waals surface area contributed by atoms with E-state index in [1.165, 1.54) is 72.9 Å². The molecule has 0 aliphatic carbocycles. The summed E-state index contributed by atoms with van der Waals surface area (Å²) in [6, 6.07) is 14.8. The molecule has 1 unspecified atom stereocenters. The summed E-state index contributed by atoms with van der Waals surface area (Å²) in [5.41, 5.74) is 14.4. The van der Waals surface area contributed by atoms with Gasteiger partial charge in [0, 0.05) is 21.6 Å². The fraction of sp³-hybridized carbons (Fsp3) is 0.400. The molecular formula is C30H33N. The highest BCUT2D eigenvalue weighted by molar-refractivity contribution is 6.14. The van der Waals surface area contributed by atoms with E-state index < -0.39 is 0 Å². The molecule has 2 aliphatic rings. The third-order valence-electron chi connectivity index (χ3n) is 8.48. The van der Waals surface area contributed by atoms with Crippen LogP contribution in [0.1, 0.15) is 92.8 Å². The Morgan fingerprint density at radius 2 is 1.16 bits per heavy atom. The zero-order chi connectivity index (χ0) is 22.0. The van der Waals surface area contributed by atoms with Crippen LogP contribution in [0.15, 0.2) is 36.4 Å². The van der Waals surface area contributed by atoms with Gasteiger partial charge < -0.3 is 4.57 Å². The number of aromatic nitrogens is 1. The summed E-state index contributed by atoms with van der Waals surface area (Å²) in [7, 11) is 0. The van der Waals surface area contributed by atoms with Gasteiger partial charge in [0.15, 0.2) is 0 Å². The van der Waals surface area contributed by atoms with E-state index in [1.807, 2.05) is 0 Å². The molecule has 31 heavy (non-hydrogen) atoms. The highest BCUT2D eigenvalue weighted by Crippen LogP contribution is 2.56. The molecule has 158 valence electrons. The lowest BCUT2D eigenvalue weighted by molar-refractivity contribution is 0.587. The molecule has 3 aromatic carbocycles. The summed E-state index contributed by atoms with van der Waals surface area (Å²) < 4.78 is 2.63. The van der Waals surface area contributed by atoms with Crippen molar-refractivity contribution in [1.29, 1.82) is 0 Å². The average Bonchev–Trinajstić information content (AvgIpc) is 3.03. The molecule has 0 saturated heterocycles. The largest absolute Gasteiger partial charge is 0.308 e. The molecule has 4 aromatic rings. The Morgan fingerprint density at radius 1 is 0.710 bits per heavy atom. The second-order valence-electron chi connectivity index (χ2n) is 11.3. The molecular weight excluding hydrogens is 374 g/mol.